The lowest BCUT2D eigenvalue weighted by molar-refractivity contribution is -0.124. The van der Waals surface area contributed by atoms with Crippen LogP contribution in [0.25, 0.3) is 0 Å². The number of ether oxygens (including phenoxy) is 3. The molecule has 2 aromatic carbocycles. The first kappa shape index (κ1) is 34.2. The number of nitriles is 1. The van der Waals surface area contributed by atoms with Crippen molar-refractivity contribution in [1.29, 1.82) is 5.26 Å². The van der Waals surface area contributed by atoms with E-state index in [1.54, 1.807) is 0 Å². The van der Waals surface area contributed by atoms with Gasteiger partial charge in [-0.1, -0.05) is 51.1 Å². The number of nitrogens with one attached hydrogen (secondary N) is 1. The van der Waals surface area contributed by atoms with E-state index in [1.807, 2.05) is 57.2 Å². The number of aliphatic hydroxyl groups is 1. The summed E-state index contributed by atoms with van der Waals surface area (Å²) in [5, 5.41) is 22.5. The molecule has 0 spiro atoms. The highest BCUT2D eigenvalue weighted by molar-refractivity contribution is 7.89. The molecule has 4 atom stereocenters. The van der Waals surface area contributed by atoms with E-state index >= 15 is 0 Å². The fourth-order valence-corrected chi connectivity index (χ4v) is 5.89. The van der Waals surface area contributed by atoms with Crippen molar-refractivity contribution in [1.82, 2.24) is 9.62 Å². The van der Waals surface area contributed by atoms with E-state index in [4.69, 9.17) is 14.7 Å². The highest BCUT2D eigenvalue weighted by atomic mass is 32.2. The van der Waals surface area contributed by atoms with Gasteiger partial charge in [0.1, 0.15) is 0 Å². The standard InChI is InChI=1S/C23H29N3O5S.C7H14O2/c1-17(2)15-26(32(29,30)20-11-9-19(14-24)10-12-20)16-22(27)21(25-23(28)31-3)13-18-7-5-4-6-8-18;1-3-8-7-6(2)4-5-9-7/h4-12,17,21-22,27H,13,15-16H2,1-3H3,(H,25,28);6-7H,3-5H2,1-2H3/t21-,22+;6-,7+/m00/s1. The number of alkyl carbamates (subject to hydrolysis) is 1. The van der Waals surface area contributed by atoms with Crippen molar-refractivity contribution in [2.75, 3.05) is 33.4 Å². The van der Waals surface area contributed by atoms with Crippen molar-refractivity contribution in [2.24, 2.45) is 11.8 Å². The minimum Gasteiger partial charge on any atom is -0.453 e. The van der Waals surface area contributed by atoms with E-state index in [-0.39, 0.29) is 30.2 Å². The number of nitrogens with zero attached hydrogens (tertiary/aromatic N) is 2. The van der Waals surface area contributed by atoms with Gasteiger partial charge in [0.2, 0.25) is 10.0 Å². The van der Waals surface area contributed by atoms with E-state index in [2.05, 4.69) is 17.0 Å². The van der Waals surface area contributed by atoms with Crippen LogP contribution in [0.15, 0.2) is 59.5 Å². The van der Waals surface area contributed by atoms with Gasteiger partial charge in [0.05, 0.1) is 42.4 Å². The molecule has 1 aliphatic rings. The van der Waals surface area contributed by atoms with Crippen molar-refractivity contribution in [2.45, 2.75) is 63.9 Å². The average Bonchev–Trinajstić information content (AvgIpc) is 3.37. The molecule has 1 saturated heterocycles. The Morgan fingerprint density at radius 2 is 1.83 bits per heavy atom. The van der Waals surface area contributed by atoms with Gasteiger partial charge < -0.3 is 24.6 Å². The van der Waals surface area contributed by atoms with Gasteiger partial charge in [0.15, 0.2) is 6.29 Å². The fourth-order valence-electron chi connectivity index (χ4n) is 4.27. The number of hydrogen-bond acceptors (Lipinski definition) is 8. The number of rotatable bonds is 12. The van der Waals surface area contributed by atoms with Gasteiger partial charge in [-0.25, -0.2) is 13.2 Å². The van der Waals surface area contributed by atoms with Crippen LogP contribution in [0.4, 0.5) is 4.79 Å². The molecule has 1 aliphatic heterocycles. The molecule has 0 saturated carbocycles. The normalized spacial score (nSPS) is 18.2. The third kappa shape index (κ3) is 11.1. The van der Waals surface area contributed by atoms with Crippen LogP contribution in [0, 0.1) is 23.2 Å². The predicted molar refractivity (Wildman–Crippen MR) is 155 cm³/mol. The first-order valence-corrected chi connectivity index (χ1v) is 15.3. The molecule has 0 unspecified atom stereocenters. The quantitative estimate of drug-likeness (QED) is 0.380. The molecule has 0 aliphatic carbocycles. The van der Waals surface area contributed by atoms with Crippen LogP contribution in [0.5, 0.6) is 0 Å². The molecule has 1 fully saturated rings. The van der Waals surface area contributed by atoms with Crippen LogP contribution >= 0.6 is 0 Å². The molecule has 0 radical (unpaired) electrons. The number of methoxy groups -OCH3 is 1. The molecular weight excluding hydrogens is 546 g/mol. The van der Waals surface area contributed by atoms with Crippen LogP contribution in [0.1, 0.15) is 45.2 Å². The molecular formula is C30H43N3O7S. The van der Waals surface area contributed by atoms with E-state index in [0.29, 0.717) is 17.9 Å². The van der Waals surface area contributed by atoms with Crippen molar-refractivity contribution in [3.63, 3.8) is 0 Å². The second kappa shape index (κ2) is 17.1. The predicted octanol–water partition coefficient (Wildman–Crippen LogP) is 3.94. The Kier molecular flexibility index (Phi) is 14.2. The second-order valence-corrected chi connectivity index (χ2v) is 12.2. The lowest BCUT2D eigenvalue weighted by Gasteiger charge is -2.30. The SMILES string of the molecule is CCO[C@@H]1OCC[C@@H]1C.COC(=O)N[C@@H](Cc1ccccc1)[C@H](O)CN(CC(C)C)S(=O)(=O)c1ccc(C#N)cc1. The maximum Gasteiger partial charge on any atom is 0.407 e. The molecule has 226 valence electrons. The molecule has 2 N–H and O–H groups in total. The molecule has 3 rings (SSSR count). The van der Waals surface area contributed by atoms with E-state index in [1.165, 1.54) is 35.7 Å². The Balaban J connectivity index is 0.000000553. The van der Waals surface area contributed by atoms with Crippen molar-refractivity contribution < 1.29 is 32.5 Å². The zero-order chi connectivity index (χ0) is 30.4. The highest BCUT2D eigenvalue weighted by Crippen LogP contribution is 2.21. The zero-order valence-electron chi connectivity index (χ0n) is 24.5. The largest absolute Gasteiger partial charge is 0.453 e. The third-order valence-corrected chi connectivity index (χ3v) is 8.33. The van der Waals surface area contributed by atoms with Gasteiger partial charge in [0.25, 0.3) is 0 Å². The van der Waals surface area contributed by atoms with Crippen molar-refractivity contribution in [3.8, 4) is 6.07 Å². The summed E-state index contributed by atoms with van der Waals surface area (Å²) in [6.45, 7) is 9.49. The highest BCUT2D eigenvalue weighted by Gasteiger charge is 2.31. The van der Waals surface area contributed by atoms with Gasteiger partial charge >= 0.3 is 6.09 Å². The van der Waals surface area contributed by atoms with Gasteiger partial charge in [-0.2, -0.15) is 9.57 Å². The second-order valence-electron chi connectivity index (χ2n) is 10.3. The zero-order valence-corrected chi connectivity index (χ0v) is 25.3. The molecule has 10 nitrogen and oxygen atoms in total. The van der Waals surface area contributed by atoms with Crippen LogP contribution in [-0.4, -0.2) is 75.8 Å². The number of aliphatic hydroxyl groups excluding tert-OH is 1. The number of carbonyl (C=O) groups is 1. The summed E-state index contributed by atoms with van der Waals surface area (Å²) < 4.78 is 43.0. The van der Waals surface area contributed by atoms with Crippen LogP contribution in [0.3, 0.4) is 0 Å². The molecule has 0 bridgehead atoms. The molecule has 1 amide bonds. The Labute approximate surface area is 244 Å². The minimum absolute atomic E-state index is 0.00324. The molecule has 2 aromatic rings. The molecule has 11 heteroatoms. The van der Waals surface area contributed by atoms with Crippen molar-refractivity contribution in [3.05, 3.63) is 65.7 Å². The Bertz CT molecular complexity index is 1200. The van der Waals surface area contributed by atoms with Gasteiger partial charge in [0, 0.05) is 25.6 Å². The van der Waals surface area contributed by atoms with Crippen LogP contribution < -0.4 is 5.32 Å². The summed E-state index contributed by atoms with van der Waals surface area (Å²) in [5.74, 6) is 0.585. The summed E-state index contributed by atoms with van der Waals surface area (Å²) in [5.41, 5.74) is 1.22. The third-order valence-electron chi connectivity index (χ3n) is 6.48. The maximum absolute atomic E-state index is 13.3. The number of hydrogen-bond donors (Lipinski definition) is 2. The first-order chi connectivity index (χ1) is 19.5. The van der Waals surface area contributed by atoms with E-state index < -0.39 is 28.3 Å². The number of sulfonamides is 1. The van der Waals surface area contributed by atoms with Crippen LogP contribution in [0.2, 0.25) is 0 Å². The van der Waals surface area contributed by atoms with Crippen molar-refractivity contribution >= 4 is 16.1 Å². The average molecular weight is 590 g/mol. The lowest BCUT2D eigenvalue weighted by Crippen LogP contribution is -2.51. The summed E-state index contributed by atoms with van der Waals surface area (Å²) in [7, 11) is -2.71. The number of benzene rings is 2. The molecule has 0 aromatic heterocycles. The summed E-state index contributed by atoms with van der Waals surface area (Å²) >= 11 is 0. The monoisotopic (exact) mass is 589 g/mol. The summed E-state index contributed by atoms with van der Waals surface area (Å²) in [6.07, 6.45) is -0.389. The summed E-state index contributed by atoms with van der Waals surface area (Å²) in [4.78, 5) is 11.9. The van der Waals surface area contributed by atoms with Gasteiger partial charge in [-0.15, -0.1) is 0 Å². The van der Waals surface area contributed by atoms with Gasteiger partial charge in [-0.05, 0) is 55.5 Å². The van der Waals surface area contributed by atoms with Gasteiger partial charge in [-0.3, -0.25) is 0 Å². The number of carbonyl (C=O) groups excluding carboxylic acids is 1. The minimum atomic E-state index is -3.94. The number of amides is 1. The molecule has 1 heterocycles. The Hall–Kier alpha value is -3.01. The smallest absolute Gasteiger partial charge is 0.407 e. The maximum atomic E-state index is 13.3. The Morgan fingerprint density at radius 1 is 1.17 bits per heavy atom. The van der Waals surface area contributed by atoms with E-state index in [0.717, 1.165) is 25.2 Å². The molecule has 41 heavy (non-hydrogen) atoms. The summed E-state index contributed by atoms with van der Waals surface area (Å²) in [6, 6.07) is 16.1. The van der Waals surface area contributed by atoms with Crippen LogP contribution in [-0.2, 0) is 30.7 Å². The van der Waals surface area contributed by atoms with E-state index in [9.17, 15) is 18.3 Å². The first-order valence-electron chi connectivity index (χ1n) is 13.8. The lowest BCUT2D eigenvalue weighted by atomic mass is 10.0. The fraction of sp³-hybridized carbons (Fsp3) is 0.533. The Morgan fingerprint density at radius 3 is 2.34 bits per heavy atom. The topological polar surface area (TPSA) is 138 Å².